The molecule has 0 aliphatic rings. The Morgan fingerprint density at radius 3 is 2.15 bits per heavy atom. The van der Waals surface area contributed by atoms with Gasteiger partial charge in [-0.2, -0.15) is 0 Å². The van der Waals surface area contributed by atoms with Crippen LogP contribution in [0.5, 0.6) is 0 Å². The normalized spacial score (nSPS) is 10.1. The number of nitrogens with two attached hydrogens (primary N) is 2. The van der Waals surface area contributed by atoms with Crippen LogP contribution in [0.3, 0.4) is 0 Å². The summed E-state index contributed by atoms with van der Waals surface area (Å²) in [4.78, 5) is 47.3. The molecule has 3 heterocycles. The van der Waals surface area contributed by atoms with Crippen molar-refractivity contribution >= 4 is 60.9 Å². The van der Waals surface area contributed by atoms with Crippen LogP contribution in [0, 0.1) is 11.6 Å². The number of nitrogen functional groups attached to an aromatic ring is 1. The number of halogens is 4. The van der Waals surface area contributed by atoms with Crippen molar-refractivity contribution in [1.82, 2.24) is 19.9 Å². The van der Waals surface area contributed by atoms with E-state index in [1.165, 1.54) is 42.6 Å². The fraction of sp³-hybridized carbons (Fsp3) is 0. The van der Waals surface area contributed by atoms with E-state index in [-0.39, 0.29) is 28.6 Å². The molecule has 0 saturated heterocycles. The lowest BCUT2D eigenvalue weighted by Crippen LogP contribution is -2.14. The van der Waals surface area contributed by atoms with E-state index in [4.69, 9.17) is 11.5 Å². The molecule has 0 atom stereocenters. The van der Waals surface area contributed by atoms with E-state index in [1.807, 2.05) is 0 Å². The van der Waals surface area contributed by atoms with E-state index in [2.05, 4.69) is 51.8 Å². The largest absolute Gasteiger partial charge is 0.383 e. The quantitative estimate of drug-likeness (QED) is 0.229. The Morgan fingerprint density at radius 1 is 0.923 bits per heavy atom. The number of amides is 1. The monoisotopic (exact) mass is 658 g/mol. The number of hydrogen-bond acceptors (Lipinski definition) is 7. The summed E-state index contributed by atoms with van der Waals surface area (Å²) in [7, 11) is 0. The van der Waals surface area contributed by atoms with Crippen LogP contribution >= 0.6 is 31.9 Å². The Bertz CT molecular complexity index is 1720. The fourth-order valence-electron chi connectivity index (χ4n) is 3.00. The van der Waals surface area contributed by atoms with Gasteiger partial charge in [0.25, 0.3) is 11.5 Å². The smallest absolute Gasteiger partial charge is 0.260 e. The second kappa shape index (κ2) is 13.4. The van der Waals surface area contributed by atoms with Crippen LogP contribution in [0.4, 0.5) is 14.6 Å². The summed E-state index contributed by atoms with van der Waals surface area (Å²) in [6.07, 6.45) is 3.68. The van der Waals surface area contributed by atoms with Crippen molar-refractivity contribution in [1.29, 1.82) is 0 Å². The van der Waals surface area contributed by atoms with Gasteiger partial charge in [0, 0.05) is 32.5 Å². The van der Waals surface area contributed by atoms with Crippen molar-refractivity contribution in [3.8, 4) is 11.4 Å². The molecule has 1 amide bonds. The van der Waals surface area contributed by atoms with Crippen molar-refractivity contribution in [2.45, 2.75) is 0 Å². The number of carbonyl (C=O) groups excluding carboxylic acids is 2. The number of fused-ring (bicyclic) bond motifs is 1. The molecular weight excluding hydrogens is 642 g/mol. The van der Waals surface area contributed by atoms with E-state index in [0.29, 0.717) is 43.2 Å². The highest BCUT2D eigenvalue weighted by Crippen LogP contribution is 2.18. The van der Waals surface area contributed by atoms with Crippen LogP contribution in [0.15, 0.2) is 86.8 Å². The summed E-state index contributed by atoms with van der Waals surface area (Å²) >= 11 is 6.39. The Hall–Kier alpha value is -4.36. The highest BCUT2D eigenvalue weighted by atomic mass is 79.9. The molecule has 0 spiro atoms. The summed E-state index contributed by atoms with van der Waals surface area (Å²) in [5, 5.41) is 0.384. The molecule has 198 valence electrons. The van der Waals surface area contributed by atoms with Gasteiger partial charge in [-0.25, -0.2) is 23.7 Å². The van der Waals surface area contributed by atoms with E-state index in [1.54, 1.807) is 30.5 Å². The van der Waals surface area contributed by atoms with Gasteiger partial charge in [-0.3, -0.25) is 14.4 Å². The molecule has 5 rings (SSSR count). The zero-order valence-corrected chi connectivity index (χ0v) is 22.9. The molecule has 13 heteroatoms. The summed E-state index contributed by atoms with van der Waals surface area (Å²) < 4.78 is 26.8. The fourth-order valence-corrected chi connectivity index (χ4v) is 3.66. The van der Waals surface area contributed by atoms with Crippen LogP contribution in [0.2, 0.25) is 0 Å². The number of nitrogens with one attached hydrogen (secondary N) is 1. The molecule has 0 bridgehead atoms. The second-order valence-corrected chi connectivity index (χ2v) is 9.40. The topological polar surface area (TPSA) is 158 Å². The minimum atomic E-state index is -0.573. The molecule has 39 heavy (non-hydrogen) atoms. The number of pyridine rings is 2. The van der Waals surface area contributed by atoms with E-state index < -0.39 is 5.91 Å². The number of rotatable bonds is 3. The SMILES string of the molecule is NC(=O)c1cc(Br)cnc1N.O=Cc1cccc(F)c1.O=c1[nH]c(-c2cccc(F)c2)nc2ncc(Br)cc12. The number of benzene rings is 2. The Labute approximate surface area is 236 Å². The third kappa shape index (κ3) is 8.32. The standard InChI is InChI=1S/C13H7BrFN3O.C7H5FO.C6H6BrN3O/c14-8-5-10-12(16-6-8)17-11(18-13(10)19)7-2-1-3-9(15)4-7;8-7-3-1-2-6(4-7)5-9;7-3-1-4(6(9)11)5(8)10-2-3/h1-6H,(H,16,17,18,19);1-5H;1-2H,(H2,8,10)(H2,9,11). The zero-order valence-electron chi connectivity index (χ0n) is 19.7. The van der Waals surface area contributed by atoms with Gasteiger partial charge in [-0.1, -0.05) is 24.3 Å². The predicted molar refractivity (Wildman–Crippen MR) is 150 cm³/mol. The van der Waals surface area contributed by atoms with E-state index >= 15 is 0 Å². The molecule has 5 N–H and O–H groups in total. The first-order chi connectivity index (χ1) is 18.6. The van der Waals surface area contributed by atoms with Crippen LogP contribution in [-0.4, -0.2) is 32.1 Å². The maximum atomic E-state index is 13.2. The lowest BCUT2D eigenvalue weighted by molar-refractivity contribution is 0.1000. The van der Waals surface area contributed by atoms with Crippen LogP contribution in [0.25, 0.3) is 22.4 Å². The first-order valence-corrected chi connectivity index (χ1v) is 12.4. The number of H-pyrrole nitrogens is 1. The van der Waals surface area contributed by atoms with Crippen LogP contribution < -0.4 is 17.0 Å². The predicted octanol–water partition coefficient (Wildman–Crippen LogP) is 5.05. The van der Waals surface area contributed by atoms with Gasteiger partial charge in [0.05, 0.1) is 10.9 Å². The Morgan fingerprint density at radius 2 is 1.56 bits per heavy atom. The maximum absolute atomic E-state index is 13.2. The minimum Gasteiger partial charge on any atom is -0.383 e. The summed E-state index contributed by atoms with van der Waals surface area (Å²) in [6, 6.07) is 14.6. The Kier molecular flexibility index (Phi) is 10.1. The van der Waals surface area contributed by atoms with Crippen molar-refractivity contribution in [2.75, 3.05) is 5.73 Å². The number of carbonyl (C=O) groups is 2. The second-order valence-electron chi connectivity index (χ2n) is 7.57. The molecule has 9 nitrogen and oxygen atoms in total. The summed E-state index contributed by atoms with van der Waals surface area (Å²) in [6.45, 7) is 0. The third-order valence-electron chi connectivity index (χ3n) is 4.76. The third-order valence-corrected chi connectivity index (χ3v) is 5.63. The van der Waals surface area contributed by atoms with Gasteiger partial charge >= 0.3 is 0 Å². The van der Waals surface area contributed by atoms with Gasteiger partial charge in [0.1, 0.15) is 29.6 Å². The molecule has 3 aromatic heterocycles. The molecule has 0 saturated carbocycles. The average molecular weight is 660 g/mol. The highest BCUT2D eigenvalue weighted by molar-refractivity contribution is 9.10. The average Bonchev–Trinajstić information content (AvgIpc) is 2.91. The molecule has 0 aliphatic carbocycles. The summed E-state index contributed by atoms with van der Waals surface area (Å²) in [5.74, 6) is -0.882. The van der Waals surface area contributed by atoms with Crippen molar-refractivity contribution in [3.63, 3.8) is 0 Å². The molecule has 0 fully saturated rings. The number of aromatic amines is 1. The van der Waals surface area contributed by atoms with Gasteiger partial charge in [-0.15, -0.1) is 0 Å². The highest BCUT2D eigenvalue weighted by Gasteiger charge is 2.08. The number of hydrogen-bond donors (Lipinski definition) is 3. The molecule has 5 aromatic rings. The van der Waals surface area contributed by atoms with Gasteiger partial charge < -0.3 is 16.5 Å². The van der Waals surface area contributed by atoms with Crippen LogP contribution in [-0.2, 0) is 0 Å². The Balaban J connectivity index is 0.000000179. The zero-order chi connectivity index (χ0) is 28.5. The van der Waals surface area contributed by atoms with E-state index in [9.17, 15) is 23.2 Å². The lowest BCUT2D eigenvalue weighted by Gasteiger charge is -2.03. The van der Waals surface area contributed by atoms with Crippen molar-refractivity contribution in [3.05, 3.63) is 115 Å². The van der Waals surface area contributed by atoms with Gasteiger partial charge in [0.15, 0.2) is 5.65 Å². The number of nitrogens with zero attached hydrogens (tertiary/aromatic N) is 3. The van der Waals surface area contributed by atoms with Gasteiger partial charge in [-0.05, 0) is 68.3 Å². The molecule has 0 aliphatic heterocycles. The van der Waals surface area contributed by atoms with Crippen LogP contribution in [0.1, 0.15) is 20.7 Å². The van der Waals surface area contributed by atoms with E-state index in [0.717, 1.165) is 0 Å². The van der Waals surface area contributed by atoms with Crippen molar-refractivity contribution < 1.29 is 18.4 Å². The van der Waals surface area contributed by atoms with Gasteiger partial charge in [0.2, 0.25) is 0 Å². The summed E-state index contributed by atoms with van der Waals surface area (Å²) in [5.41, 5.74) is 11.5. The number of aromatic nitrogens is 4. The number of anilines is 1. The molecular formula is C26H18Br2F2N6O3. The lowest BCUT2D eigenvalue weighted by atomic mass is 10.2. The minimum absolute atomic E-state index is 0.153. The van der Waals surface area contributed by atoms with Crippen molar-refractivity contribution in [2.24, 2.45) is 5.73 Å². The maximum Gasteiger partial charge on any atom is 0.260 e. The molecule has 0 unspecified atom stereocenters. The first-order valence-electron chi connectivity index (χ1n) is 10.8. The number of primary amides is 1. The molecule has 0 radical (unpaired) electrons. The first kappa shape index (κ1) is 29.2. The number of aldehydes is 1. The molecule has 2 aromatic carbocycles.